The summed E-state index contributed by atoms with van der Waals surface area (Å²) < 4.78 is 0. The number of fused-ring (bicyclic) bond motifs is 3. The Kier molecular flexibility index (Phi) is 5.41. The number of benzene rings is 5. The average Bonchev–Trinajstić information content (AvgIpc) is 3.44. The molecule has 5 nitrogen and oxygen atoms in total. The lowest BCUT2D eigenvalue weighted by atomic mass is 9.84. The number of hydrogen-bond acceptors (Lipinski definition) is 4. The van der Waals surface area contributed by atoms with E-state index < -0.39 is 24.0 Å². The molecule has 186 valence electrons. The Morgan fingerprint density at radius 2 is 1.26 bits per heavy atom. The number of hydrogen-bond donors (Lipinski definition) is 0. The number of halogens is 2. The van der Waals surface area contributed by atoms with Gasteiger partial charge >= 0.3 is 0 Å². The van der Waals surface area contributed by atoms with E-state index in [0.29, 0.717) is 10.7 Å². The molecular weight excluding hydrogens is 519 g/mol. The molecule has 2 fully saturated rings. The molecule has 3 atom stereocenters. The summed E-state index contributed by atoms with van der Waals surface area (Å²) in [5, 5.41) is 6.48. The van der Waals surface area contributed by atoms with Crippen molar-refractivity contribution in [3.63, 3.8) is 0 Å². The monoisotopic (exact) mass is 538 g/mol. The maximum Gasteiger partial charge on any atom is 0.266 e. The van der Waals surface area contributed by atoms with Crippen LogP contribution in [-0.2, 0) is 14.4 Å². The molecule has 0 aliphatic carbocycles. The number of hydroxylamine groups is 1. The summed E-state index contributed by atoms with van der Waals surface area (Å²) in [6.45, 7) is 0. The lowest BCUT2D eigenvalue weighted by Gasteiger charge is -2.30. The van der Waals surface area contributed by atoms with Crippen LogP contribution in [0.25, 0.3) is 21.5 Å². The third-order valence-electron chi connectivity index (χ3n) is 7.40. The highest BCUT2D eigenvalue weighted by atomic mass is 35.5. The summed E-state index contributed by atoms with van der Waals surface area (Å²) in [4.78, 5) is 35.5. The molecule has 0 saturated carbocycles. The predicted molar refractivity (Wildman–Crippen MR) is 150 cm³/mol. The van der Waals surface area contributed by atoms with Crippen molar-refractivity contribution in [2.75, 3.05) is 9.96 Å². The molecule has 5 aromatic rings. The van der Waals surface area contributed by atoms with Crippen molar-refractivity contribution in [2.24, 2.45) is 5.92 Å². The zero-order valence-corrected chi connectivity index (χ0v) is 21.4. The van der Waals surface area contributed by atoms with Crippen molar-refractivity contribution in [3.8, 4) is 0 Å². The van der Waals surface area contributed by atoms with Gasteiger partial charge in [-0.15, -0.1) is 0 Å². The van der Waals surface area contributed by atoms with E-state index in [9.17, 15) is 9.59 Å². The van der Waals surface area contributed by atoms with Crippen LogP contribution in [0.2, 0.25) is 10.0 Å². The summed E-state index contributed by atoms with van der Waals surface area (Å²) in [7, 11) is 0. The number of para-hydroxylation sites is 1. The van der Waals surface area contributed by atoms with Crippen molar-refractivity contribution in [1.82, 2.24) is 0 Å². The number of carbonyl (C=O) groups excluding carboxylic acids is 2. The lowest BCUT2D eigenvalue weighted by Crippen LogP contribution is -2.37. The van der Waals surface area contributed by atoms with Gasteiger partial charge in [0.2, 0.25) is 5.91 Å². The first kappa shape index (κ1) is 23.2. The molecule has 0 aromatic heterocycles. The first-order valence-electron chi connectivity index (χ1n) is 12.3. The van der Waals surface area contributed by atoms with Crippen molar-refractivity contribution < 1.29 is 14.4 Å². The second-order valence-electron chi connectivity index (χ2n) is 9.50. The fraction of sp³-hybridized carbons (Fsp3) is 0.0968. The van der Waals surface area contributed by atoms with E-state index in [0.717, 1.165) is 32.8 Å². The quantitative estimate of drug-likeness (QED) is 0.178. The molecule has 0 N–H and O–H groups in total. The Bertz CT molecular complexity index is 1700. The second kappa shape index (κ2) is 8.84. The van der Waals surface area contributed by atoms with E-state index in [2.05, 4.69) is 30.3 Å². The average molecular weight is 539 g/mol. The fourth-order valence-corrected chi connectivity index (χ4v) is 6.04. The van der Waals surface area contributed by atoms with Gasteiger partial charge in [0.05, 0.1) is 27.5 Å². The van der Waals surface area contributed by atoms with E-state index in [4.69, 9.17) is 28.0 Å². The minimum Gasteiger partial charge on any atom is -0.273 e. The van der Waals surface area contributed by atoms with Crippen molar-refractivity contribution in [1.29, 1.82) is 0 Å². The maximum atomic E-state index is 14.1. The third kappa shape index (κ3) is 3.43. The van der Waals surface area contributed by atoms with Gasteiger partial charge in [-0.2, -0.15) is 0 Å². The molecule has 7 rings (SSSR count). The summed E-state index contributed by atoms with van der Waals surface area (Å²) in [5.41, 5.74) is 2.10. The van der Waals surface area contributed by atoms with Gasteiger partial charge in [-0.05, 0) is 63.5 Å². The van der Waals surface area contributed by atoms with Crippen LogP contribution in [0.5, 0.6) is 0 Å². The molecule has 2 saturated heterocycles. The van der Waals surface area contributed by atoms with Crippen LogP contribution in [0.15, 0.2) is 103 Å². The number of anilines is 2. The van der Waals surface area contributed by atoms with Gasteiger partial charge in [0, 0.05) is 0 Å². The van der Waals surface area contributed by atoms with Crippen LogP contribution in [0.4, 0.5) is 11.4 Å². The number of rotatable bonds is 3. The van der Waals surface area contributed by atoms with Gasteiger partial charge in [-0.1, -0.05) is 89.9 Å². The van der Waals surface area contributed by atoms with Gasteiger partial charge in [0.1, 0.15) is 5.92 Å². The van der Waals surface area contributed by atoms with E-state index >= 15 is 0 Å². The van der Waals surface area contributed by atoms with Crippen LogP contribution in [0, 0.1) is 5.92 Å². The van der Waals surface area contributed by atoms with Crippen molar-refractivity contribution in [2.45, 2.75) is 12.1 Å². The maximum absolute atomic E-state index is 14.1. The van der Waals surface area contributed by atoms with E-state index in [-0.39, 0.29) is 10.9 Å². The summed E-state index contributed by atoms with van der Waals surface area (Å²) in [6, 6.07) is 32.2. The van der Waals surface area contributed by atoms with Crippen molar-refractivity contribution >= 4 is 67.9 Å². The first-order valence-corrected chi connectivity index (χ1v) is 13.0. The zero-order chi connectivity index (χ0) is 26.0. The number of nitrogens with zero attached hydrogens (tertiary/aromatic N) is 2. The predicted octanol–water partition coefficient (Wildman–Crippen LogP) is 7.35. The number of imide groups is 1. The summed E-state index contributed by atoms with van der Waals surface area (Å²) in [6.07, 6.45) is -0.986. The number of amides is 2. The standard InChI is InChI=1S/C31H20Cl2N2O3/c32-24-15-14-21(17-25(24)33)34-30(36)27-28(35(38-29(27)31(34)37)20-10-2-1-3-11-20)26-22-12-6-4-8-18(22)16-19-9-5-7-13-23(19)26/h1-17,27-29H/t27-,28-,29+/m0/s1. The van der Waals surface area contributed by atoms with Gasteiger partial charge in [-0.3, -0.25) is 14.4 Å². The van der Waals surface area contributed by atoms with Gasteiger partial charge < -0.3 is 0 Å². The molecule has 0 radical (unpaired) electrons. The minimum atomic E-state index is -0.986. The molecule has 0 spiro atoms. The normalized spacial score (nSPS) is 21.1. The summed E-state index contributed by atoms with van der Waals surface area (Å²) in [5.74, 6) is -1.53. The van der Waals surface area contributed by atoms with Crippen molar-refractivity contribution in [3.05, 3.63) is 119 Å². The zero-order valence-electron chi connectivity index (χ0n) is 19.9. The molecular formula is C31H20Cl2N2O3. The van der Waals surface area contributed by atoms with Crippen LogP contribution in [0.1, 0.15) is 11.6 Å². The van der Waals surface area contributed by atoms with Crippen LogP contribution in [-0.4, -0.2) is 17.9 Å². The second-order valence-corrected chi connectivity index (χ2v) is 10.3. The first-order chi connectivity index (χ1) is 18.5. The Balaban J connectivity index is 1.46. The SMILES string of the molecule is O=C1[C@@H]2[C@@H](ON(c3ccccc3)[C@H]2c2c3ccccc3cc3ccccc23)C(=O)N1c1ccc(Cl)c(Cl)c1. The van der Waals surface area contributed by atoms with E-state index in [1.165, 1.54) is 11.0 Å². The Hall–Kier alpha value is -3.90. The largest absolute Gasteiger partial charge is 0.273 e. The molecule has 2 amide bonds. The molecule has 7 heteroatoms. The fourth-order valence-electron chi connectivity index (χ4n) is 5.75. The van der Waals surface area contributed by atoms with Gasteiger partial charge in [0.25, 0.3) is 5.91 Å². The Morgan fingerprint density at radius 3 is 1.92 bits per heavy atom. The molecule has 2 heterocycles. The smallest absolute Gasteiger partial charge is 0.266 e. The van der Waals surface area contributed by atoms with Crippen LogP contribution < -0.4 is 9.96 Å². The molecule has 5 aromatic carbocycles. The number of carbonyl (C=O) groups is 2. The minimum absolute atomic E-state index is 0.269. The highest BCUT2D eigenvalue weighted by Crippen LogP contribution is 2.51. The molecule has 0 bridgehead atoms. The van der Waals surface area contributed by atoms with Crippen LogP contribution in [0.3, 0.4) is 0 Å². The molecule has 2 aliphatic rings. The lowest BCUT2D eigenvalue weighted by molar-refractivity contribution is -0.126. The van der Waals surface area contributed by atoms with E-state index in [1.54, 1.807) is 17.2 Å². The van der Waals surface area contributed by atoms with E-state index in [1.807, 2.05) is 54.6 Å². The Labute approximate surface area is 228 Å². The van der Waals surface area contributed by atoms with Crippen LogP contribution >= 0.6 is 23.2 Å². The third-order valence-corrected chi connectivity index (χ3v) is 8.14. The van der Waals surface area contributed by atoms with Gasteiger partial charge in [-0.25, -0.2) is 9.96 Å². The highest BCUT2D eigenvalue weighted by Gasteiger charge is 2.60. The summed E-state index contributed by atoms with van der Waals surface area (Å²) >= 11 is 12.4. The highest BCUT2D eigenvalue weighted by molar-refractivity contribution is 6.42. The topological polar surface area (TPSA) is 49.9 Å². The molecule has 38 heavy (non-hydrogen) atoms. The molecule has 2 aliphatic heterocycles. The van der Waals surface area contributed by atoms with Gasteiger partial charge in [0.15, 0.2) is 6.10 Å². The molecule has 0 unspecified atom stereocenters. The Morgan fingerprint density at radius 1 is 0.632 bits per heavy atom.